The first-order chi connectivity index (χ1) is 14.9. The zero-order chi connectivity index (χ0) is 21.8. The summed E-state index contributed by atoms with van der Waals surface area (Å²) in [7, 11) is 0. The quantitative estimate of drug-likeness (QED) is 0.0733. The Kier molecular flexibility index (Phi) is 27.9. The molecule has 0 aliphatic heterocycles. The van der Waals surface area contributed by atoms with Crippen molar-refractivity contribution in [3.8, 4) is 0 Å². The topological polar surface area (TPSA) is 17.1 Å². The Bertz CT molecular complexity index is 290. The third-order valence-electron chi connectivity index (χ3n) is 6.48. The Hall–Kier alpha value is -0.590. The Labute approximate surface area is 190 Å². The zero-order valence-electron chi connectivity index (χ0n) is 20.7. The van der Waals surface area contributed by atoms with Gasteiger partial charge in [-0.25, -0.2) is 0 Å². The molecule has 0 atom stereocenters. The van der Waals surface area contributed by atoms with E-state index >= 15 is 0 Å². The van der Waals surface area contributed by atoms with E-state index in [9.17, 15) is 4.79 Å². The smallest absolute Gasteiger partial charge is 0.119 e. The van der Waals surface area contributed by atoms with Crippen LogP contribution in [0.1, 0.15) is 167 Å². The monoisotopic (exact) mass is 420 g/mol. The van der Waals surface area contributed by atoms with Gasteiger partial charge in [-0.3, -0.25) is 0 Å². The van der Waals surface area contributed by atoms with Gasteiger partial charge in [-0.15, -0.1) is 6.58 Å². The predicted octanol–water partition coefficient (Wildman–Crippen LogP) is 10.5. The second-order valence-electron chi connectivity index (χ2n) is 9.52. The molecule has 1 heteroatoms. The van der Waals surface area contributed by atoms with E-state index in [4.69, 9.17) is 0 Å². The summed E-state index contributed by atoms with van der Waals surface area (Å²) in [4.78, 5) is 10.2. The molecule has 0 aromatic heterocycles. The van der Waals surface area contributed by atoms with Crippen molar-refractivity contribution in [3.05, 3.63) is 12.7 Å². The summed E-state index contributed by atoms with van der Waals surface area (Å²) in [5.41, 5.74) is 0. The van der Waals surface area contributed by atoms with Crippen LogP contribution in [0.4, 0.5) is 0 Å². The summed E-state index contributed by atoms with van der Waals surface area (Å²) in [6, 6.07) is 0. The third-order valence-corrected chi connectivity index (χ3v) is 6.48. The van der Waals surface area contributed by atoms with Gasteiger partial charge in [0.1, 0.15) is 6.29 Å². The summed E-state index contributed by atoms with van der Waals surface area (Å²) < 4.78 is 0. The van der Waals surface area contributed by atoms with Crippen LogP contribution >= 0.6 is 0 Å². The van der Waals surface area contributed by atoms with Crippen molar-refractivity contribution in [1.29, 1.82) is 0 Å². The first-order valence-corrected chi connectivity index (χ1v) is 14.0. The van der Waals surface area contributed by atoms with Gasteiger partial charge in [0.15, 0.2) is 0 Å². The van der Waals surface area contributed by atoms with Crippen LogP contribution in [0.3, 0.4) is 0 Å². The van der Waals surface area contributed by atoms with Gasteiger partial charge in [0.25, 0.3) is 0 Å². The molecule has 0 rings (SSSR count). The SMILES string of the molecule is C=CCCCCCCCCCCCCCCCCCCCCCCCCCCC=O. The first-order valence-electron chi connectivity index (χ1n) is 14.0. The van der Waals surface area contributed by atoms with Crippen molar-refractivity contribution in [2.45, 2.75) is 167 Å². The molecule has 1 nitrogen and oxygen atoms in total. The standard InChI is InChI=1S/C29H56O/c1-2-3-4-5-6-7-8-9-10-11-12-13-14-15-16-17-18-19-20-21-22-23-24-25-26-27-28-29-30/h2,29H,1,3-28H2. The van der Waals surface area contributed by atoms with Crippen LogP contribution < -0.4 is 0 Å². The summed E-state index contributed by atoms with van der Waals surface area (Å²) in [6.45, 7) is 3.79. The molecule has 178 valence electrons. The van der Waals surface area contributed by atoms with Gasteiger partial charge < -0.3 is 4.79 Å². The maximum atomic E-state index is 10.2. The van der Waals surface area contributed by atoms with Crippen LogP contribution in [0.5, 0.6) is 0 Å². The molecule has 0 heterocycles. The normalized spacial score (nSPS) is 11.1. The van der Waals surface area contributed by atoms with E-state index in [0.717, 1.165) is 19.1 Å². The van der Waals surface area contributed by atoms with Crippen LogP contribution in [0.2, 0.25) is 0 Å². The highest BCUT2D eigenvalue weighted by molar-refractivity contribution is 5.48. The molecule has 0 aromatic rings. The molecule has 0 amide bonds. The zero-order valence-corrected chi connectivity index (χ0v) is 20.7. The molecule has 0 fully saturated rings. The molecule has 0 radical (unpaired) electrons. The molecule has 0 aliphatic carbocycles. The molecule has 0 unspecified atom stereocenters. The summed E-state index contributed by atoms with van der Waals surface area (Å²) in [5.74, 6) is 0. The lowest BCUT2D eigenvalue weighted by molar-refractivity contribution is -0.107. The van der Waals surface area contributed by atoms with E-state index < -0.39 is 0 Å². The second-order valence-corrected chi connectivity index (χ2v) is 9.52. The number of rotatable bonds is 27. The minimum absolute atomic E-state index is 0.761. The van der Waals surface area contributed by atoms with E-state index in [-0.39, 0.29) is 0 Å². The molecule has 0 saturated heterocycles. The van der Waals surface area contributed by atoms with E-state index in [1.807, 2.05) is 6.08 Å². The maximum Gasteiger partial charge on any atom is 0.119 e. The number of unbranched alkanes of at least 4 members (excludes halogenated alkanes) is 25. The van der Waals surface area contributed by atoms with E-state index in [0.29, 0.717) is 0 Å². The fourth-order valence-electron chi connectivity index (χ4n) is 4.41. The van der Waals surface area contributed by atoms with Crippen molar-refractivity contribution in [2.24, 2.45) is 0 Å². The molecule has 0 saturated carbocycles. The van der Waals surface area contributed by atoms with Gasteiger partial charge in [-0.1, -0.05) is 147 Å². The van der Waals surface area contributed by atoms with Crippen LogP contribution in [-0.2, 0) is 4.79 Å². The lowest BCUT2D eigenvalue weighted by Crippen LogP contribution is -1.85. The molecule has 0 bridgehead atoms. The van der Waals surface area contributed by atoms with Gasteiger partial charge in [0.2, 0.25) is 0 Å². The predicted molar refractivity (Wildman–Crippen MR) is 136 cm³/mol. The van der Waals surface area contributed by atoms with Gasteiger partial charge in [-0.05, 0) is 19.3 Å². The Morgan fingerprint density at radius 3 is 0.733 bits per heavy atom. The van der Waals surface area contributed by atoms with Crippen molar-refractivity contribution in [1.82, 2.24) is 0 Å². The Morgan fingerprint density at radius 2 is 0.533 bits per heavy atom. The molecular formula is C29H56O. The molecule has 0 spiro atoms. The van der Waals surface area contributed by atoms with Crippen LogP contribution in [-0.4, -0.2) is 6.29 Å². The number of allylic oxidation sites excluding steroid dienone is 1. The number of aldehydes is 1. The van der Waals surface area contributed by atoms with Gasteiger partial charge in [0.05, 0.1) is 0 Å². The lowest BCUT2D eigenvalue weighted by atomic mass is 10.0. The minimum atomic E-state index is 0.761. The number of hydrogen-bond acceptors (Lipinski definition) is 1. The molecular weight excluding hydrogens is 364 g/mol. The lowest BCUT2D eigenvalue weighted by Gasteiger charge is -2.04. The van der Waals surface area contributed by atoms with Crippen molar-refractivity contribution in [2.75, 3.05) is 0 Å². The van der Waals surface area contributed by atoms with Crippen LogP contribution in [0, 0.1) is 0 Å². The largest absolute Gasteiger partial charge is 0.303 e. The van der Waals surface area contributed by atoms with Crippen molar-refractivity contribution in [3.63, 3.8) is 0 Å². The maximum absolute atomic E-state index is 10.2. The molecule has 0 aromatic carbocycles. The number of hydrogen-bond donors (Lipinski definition) is 0. The fourth-order valence-corrected chi connectivity index (χ4v) is 4.41. The molecule has 0 N–H and O–H groups in total. The van der Waals surface area contributed by atoms with Gasteiger partial charge in [-0.2, -0.15) is 0 Å². The molecule has 30 heavy (non-hydrogen) atoms. The Balaban J connectivity index is 2.99. The highest BCUT2D eigenvalue weighted by atomic mass is 16.1. The summed E-state index contributed by atoms with van der Waals surface area (Å²) in [5, 5.41) is 0. The number of carbonyl (C=O) groups is 1. The average molecular weight is 421 g/mol. The second kappa shape index (κ2) is 28.4. The highest BCUT2D eigenvalue weighted by Gasteiger charge is 1.96. The van der Waals surface area contributed by atoms with E-state index in [1.165, 1.54) is 154 Å². The number of carbonyl (C=O) groups excluding carboxylic acids is 1. The van der Waals surface area contributed by atoms with Gasteiger partial charge in [0, 0.05) is 6.42 Å². The van der Waals surface area contributed by atoms with E-state index in [1.54, 1.807) is 0 Å². The summed E-state index contributed by atoms with van der Waals surface area (Å²) >= 11 is 0. The van der Waals surface area contributed by atoms with Crippen molar-refractivity contribution >= 4 is 6.29 Å². The summed E-state index contributed by atoms with van der Waals surface area (Å²) in [6.07, 6.45) is 39.0. The highest BCUT2D eigenvalue weighted by Crippen LogP contribution is 2.15. The van der Waals surface area contributed by atoms with E-state index in [2.05, 4.69) is 6.58 Å². The van der Waals surface area contributed by atoms with Crippen LogP contribution in [0.25, 0.3) is 0 Å². The fraction of sp³-hybridized carbons (Fsp3) is 0.897. The molecule has 0 aliphatic rings. The van der Waals surface area contributed by atoms with Crippen LogP contribution in [0.15, 0.2) is 12.7 Å². The van der Waals surface area contributed by atoms with Crippen molar-refractivity contribution < 1.29 is 4.79 Å². The first kappa shape index (κ1) is 29.4. The minimum Gasteiger partial charge on any atom is -0.303 e. The third kappa shape index (κ3) is 27.4. The Morgan fingerprint density at radius 1 is 0.333 bits per heavy atom. The average Bonchev–Trinajstić information content (AvgIpc) is 2.76. The van der Waals surface area contributed by atoms with Gasteiger partial charge >= 0.3 is 0 Å².